The Balaban J connectivity index is 1.46. The second-order valence-corrected chi connectivity index (χ2v) is 8.12. The number of likely N-dealkylation sites (tertiary alicyclic amines) is 1. The fraction of sp³-hybridized carbons (Fsp3) is 0.571. The van der Waals surface area contributed by atoms with Crippen LogP contribution in [-0.2, 0) is 11.3 Å². The van der Waals surface area contributed by atoms with Gasteiger partial charge in [-0.1, -0.05) is 31.9 Å². The molecule has 6 heteroatoms. The summed E-state index contributed by atoms with van der Waals surface area (Å²) in [5.41, 5.74) is 1.54. The summed E-state index contributed by atoms with van der Waals surface area (Å²) >= 11 is 0. The molecule has 144 valence electrons. The van der Waals surface area contributed by atoms with E-state index in [2.05, 4.69) is 17.1 Å². The minimum Gasteiger partial charge on any atom is -0.335 e. The second-order valence-electron chi connectivity index (χ2n) is 8.12. The average molecular weight is 369 g/mol. The van der Waals surface area contributed by atoms with E-state index in [0.29, 0.717) is 23.4 Å². The SMILES string of the molecule is C[C@@H]1CCN(C(=O)c2ccc(CN3C(=O)CNC3=O)cc2)[C@@H]2CCCC[C@@H]12. The standard InChI is InChI=1S/C21H27N3O3/c1-14-10-11-23(18-5-3-2-4-17(14)18)20(26)16-8-6-15(7-9-16)13-24-19(25)12-22-21(24)27/h6-9,14,17-18H,2-5,10-13H2,1H3,(H,22,27)/t14-,17+,18-/m1/s1. The second kappa shape index (κ2) is 7.33. The van der Waals surface area contributed by atoms with Crippen LogP contribution in [0.15, 0.2) is 24.3 Å². The third kappa shape index (κ3) is 3.45. The van der Waals surface area contributed by atoms with Crippen molar-refractivity contribution in [2.45, 2.75) is 51.6 Å². The van der Waals surface area contributed by atoms with Gasteiger partial charge in [0.15, 0.2) is 0 Å². The molecule has 2 aliphatic heterocycles. The quantitative estimate of drug-likeness (QED) is 0.833. The number of carbonyl (C=O) groups excluding carboxylic acids is 3. The van der Waals surface area contributed by atoms with Crippen molar-refractivity contribution in [2.75, 3.05) is 13.1 Å². The molecule has 0 unspecified atom stereocenters. The third-order valence-corrected chi connectivity index (χ3v) is 6.48. The molecule has 1 aromatic carbocycles. The molecule has 3 fully saturated rings. The van der Waals surface area contributed by atoms with Gasteiger partial charge in [0.2, 0.25) is 5.91 Å². The van der Waals surface area contributed by atoms with Gasteiger partial charge in [-0.05, 0) is 48.8 Å². The molecule has 1 N–H and O–H groups in total. The Hall–Kier alpha value is -2.37. The van der Waals surface area contributed by atoms with Crippen molar-refractivity contribution in [1.82, 2.24) is 15.1 Å². The first-order valence-corrected chi connectivity index (χ1v) is 10.0. The third-order valence-electron chi connectivity index (χ3n) is 6.48. The molecule has 1 aliphatic carbocycles. The van der Waals surface area contributed by atoms with Crippen LogP contribution in [0.4, 0.5) is 4.79 Å². The van der Waals surface area contributed by atoms with Gasteiger partial charge in [-0.15, -0.1) is 0 Å². The van der Waals surface area contributed by atoms with Crippen LogP contribution < -0.4 is 5.32 Å². The molecular formula is C21H27N3O3. The Morgan fingerprint density at radius 3 is 2.56 bits per heavy atom. The van der Waals surface area contributed by atoms with Crippen LogP contribution in [0.25, 0.3) is 0 Å². The number of piperidine rings is 1. The van der Waals surface area contributed by atoms with Crippen molar-refractivity contribution in [3.63, 3.8) is 0 Å². The average Bonchev–Trinajstić information content (AvgIpc) is 3.01. The zero-order valence-electron chi connectivity index (χ0n) is 15.8. The number of nitrogens with zero attached hydrogens (tertiary/aromatic N) is 2. The van der Waals surface area contributed by atoms with Crippen molar-refractivity contribution < 1.29 is 14.4 Å². The molecule has 3 aliphatic rings. The Bertz CT molecular complexity index is 730. The van der Waals surface area contributed by atoms with Crippen LogP contribution >= 0.6 is 0 Å². The first kappa shape index (κ1) is 18.0. The van der Waals surface area contributed by atoms with E-state index in [-0.39, 0.29) is 30.9 Å². The monoisotopic (exact) mass is 369 g/mol. The van der Waals surface area contributed by atoms with Gasteiger partial charge in [0.05, 0.1) is 13.1 Å². The zero-order chi connectivity index (χ0) is 19.0. The van der Waals surface area contributed by atoms with Crippen LogP contribution in [0, 0.1) is 11.8 Å². The van der Waals surface area contributed by atoms with E-state index in [1.54, 1.807) is 0 Å². The summed E-state index contributed by atoms with van der Waals surface area (Å²) in [5, 5.41) is 2.52. The molecule has 0 aromatic heterocycles. The number of nitrogens with one attached hydrogen (secondary N) is 1. The highest BCUT2D eigenvalue weighted by molar-refractivity contribution is 6.01. The van der Waals surface area contributed by atoms with Gasteiger partial charge in [-0.2, -0.15) is 0 Å². The Kier molecular flexibility index (Phi) is 4.89. The highest BCUT2D eigenvalue weighted by Gasteiger charge is 2.39. The molecule has 1 aromatic rings. The van der Waals surface area contributed by atoms with Crippen molar-refractivity contribution in [3.05, 3.63) is 35.4 Å². The van der Waals surface area contributed by atoms with Gasteiger partial charge in [0, 0.05) is 18.2 Å². The van der Waals surface area contributed by atoms with Gasteiger partial charge in [0.25, 0.3) is 5.91 Å². The number of hydrogen-bond acceptors (Lipinski definition) is 3. The van der Waals surface area contributed by atoms with Crippen LogP contribution in [0.3, 0.4) is 0 Å². The van der Waals surface area contributed by atoms with Crippen LogP contribution in [-0.4, -0.2) is 46.8 Å². The molecule has 6 nitrogen and oxygen atoms in total. The molecular weight excluding hydrogens is 342 g/mol. The molecule has 2 saturated heterocycles. The summed E-state index contributed by atoms with van der Waals surface area (Å²) in [4.78, 5) is 39.8. The van der Waals surface area contributed by atoms with E-state index < -0.39 is 0 Å². The lowest BCUT2D eigenvalue weighted by atomic mass is 9.72. The fourth-order valence-corrected chi connectivity index (χ4v) is 4.88. The van der Waals surface area contributed by atoms with Crippen molar-refractivity contribution in [2.24, 2.45) is 11.8 Å². The summed E-state index contributed by atoms with van der Waals surface area (Å²) in [5.74, 6) is 1.23. The number of rotatable bonds is 3. The van der Waals surface area contributed by atoms with Crippen LogP contribution in [0.1, 0.15) is 54.9 Å². The van der Waals surface area contributed by atoms with Crippen LogP contribution in [0.2, 0.25) is 0 Å². The van der Waals surface area contributed by atoms with E-state index in [1.165, 1.54) is 24.2 Å². The lowest BCUT2D eigenvalue weighted by Crippen LogP contribution is -2.52. The summed E-state index contributed by atoms with van der Waals surface area (Å²) < 4.78 is 0. The number of urea groups is 1. The van der Waals surface area contributed by atoms with E-state index in [9.17, 15) is 14.4 Å². The lowest BCUT2D eigenvalue weighted by molar-refractivity contribution is -0.125. The van der Waals surface area contributed by atoms with Crippen LogP contribution in [0.5, 0.6) is 0 Å². The topological polar surface area (TPSA) is 69.7 Å². The van der Waals surface area contributed by atoms with Gasteiger partial charge in [-0.25, -0.2) is 4.79 Å². The summed E-state index contributed by atoms with van der Waals surface area (Å²) in [7, 11) is 0. The first-order chi connectivity index (χ1) is 13.0. The number of hydrogen-bond donors (Lipinski definition) is 1. The van der Waals surface area contributed by atoms with Crippen molar-refractivity contribution >= 4 is 17.8 Å². The van der Waals surface area contributed by atoms with Crippen molar-refractivity contribution in [3.8, 4) is 0 Å². The highest BCUT2D eigenvalue weighted by atomic mass is 16.2. The smallest absolute Gasteiger partial charge is 0.324 e. The molecule has 1 saturated carbocycles. The van der Waals surface area contributed by atoms with Gasteiger partial charge < -0.3 is 10.2 Å². The van der Waals surface area contributed by atoms with Crippen molar-refractivity contribution in [1.29, 1.82) is 0 Å². The predicted octanol–water partition coefficient (Wildman–Crippen LogP) is 2.78. The minimum absolute atomic E-state index is 0.0609. The molecule has 0 radical (unpaired) electrons. The number of carbonyl (C=O) groups is 3. The zero-order valence-corrected chi connectivity index (χ0v) is 15.8. The molecule has 4 rings (SSSR count). The maximum absolute atomic E-state index is 13.1. The fourth-order valence-electron chi connectivity index (χ4n) is 4.88. The first-order valence-electron chi connectivity index (χ1n) is 10.0. The summed E-state index contributed by atoms with van der Waals surface area (Å²) in [6.07, 6.45) is 5.93. The molecule has 0 spiro atoms. The van der Waals surface area contributed by atoms with Gasteiger partial charge >= 0.3 is 6.03 Å². The maximum Gasteiger partial charge on any atom is 0.324 e. The molecule has 0 bridgehead atoms. The number of amides is 4. The maximum atomic E-state index is 13.1. The normalized spacial score (nSPS) is 28.1. The summed E-state index contributed by atoms with van der Waals surface area (Å²) in [6.45, 7) is 3.47. The Labute approximate surface area is 159 Å². The largest absolute Gasteiger partial charge is 0.335 e. The molecule has 4 amide bonds. The highest BCUT2D eigenvalue weighted by Crippen LogP contribution is 2.39. The summed E-state index contributed by atoms with van der Waals surface area (Å²) in [6, 6.07) is 7.36. The Morgan fingerprint density at radius 1 is 1.11 bits per heavy atom. The number of fused-ring (bicyclic) bond motifs is 1. The van der Waals surface area contributed by atoms with E-state index in [4.69, 9.17) is 0 Å². The predicted molar refractivity (Wildman–Crippen MR) is 101 cm³/mol. The van der Waals surface area contributed by atoms with Gasteiger partial charge in [0.1, 0.15) is 0 Å². The number of benzene rings is 1. The Morgan fingerprint density at radius 2 is 1.85 bits per heavy atom. The lowest BCUT2D eigenvalue weighted by Gasteiger charge is -2.47. The van der Waals surface area contributed by atoms with Gasteiger partial charge in [-0.3, -0.25) is 14.5 Å². The molecule has 2 heterocycles. The van der Waals surface area contributed by atoms with E-state index in [0.717, 1.165) is 24.9 Å². The molecule has 27 heavy (non-hydrogen) atoms. The molecule has 3 atom stereocenters. The van der Waals surface area contributed by atoms with E-state index >= 15 is 0 Å². The minimum atomic E-state index is -0.356. The van der Waals surface area contributed by atoms with E-state index in [1.807, 2.05) is 24.3 Å². The number of imide groups is 1.